The van der Waals surface area contributed by atoms with Crippen LogP contribution in [0.2, 0.25) is 5.02 Å². The number of rotatable bonds is 4. The standard InChI is InChI=1S/C16H16ClNO2/c17-13-4-1-11(2-5-13)7-14(18)8-12-3-6-15-16(9-12)20-10-19-15/h1-6,9,14H,7-8,10,18H2. The third-order valence-corrected chi connectivity index (χ3v) is 3.60. The van der Waals surface area contributed by atoms with E-state index < -0.39 is 0 Å². The van der Waals surface area contributed by atoms with E-state index in [1.807, 2.05) is 42.5 Å². The molecule has 0 aliphatic carbocycles. The summed E-state index contributed by atoms with van der Waals surface area (Å²) in [5.41, 5.74) is 8.58. The summed E-state index contributed by atoms with van der Waals surface area (Å²) >= 11 is 5.88. The van der Waals surface area contributed by atoms with Gasteiger partial charge < -0.3 is 15.2 Å². The van der Waals surface area contributed by atoms with E-state index in [-0.39, 0.29) is 6.04 Å². The number of ether oxygens (including phenoxy) is 2. The van der Waals surface area contributed by atoms with Gasteiger partial charge in [-0.2, -0.15) is 0 Å². The predicted molar refractivity (Wildman–Crippen MR) is 79.4 cm³/mol. The highest BCUT2D eigenvalue weighted by atomic mass is 35.5. The SMILES string of the molecule is NC(Cc1ccc(Cl)cc1)Cc1ccc2c(c1)OCO2. The van der Waals surface area contributed by atoms with Crippen LogP contribution in [-0.2, 0) is 12.8 Å². The molecule has 104 valence electrons. The van der Waals surface area contributed by atoms with Gasteiger partial charge in [0.2, 0.25) is 6.79 Å². The molecule has 0 bridgehead atoms. The van der Waals surface area contributed by atoms with E-state index in [1.54, 1.807) is 0 Å². The van der Waals surface area contributed by atoms with Crippen LogP contribution >= 0.6 is 11.6 Å². The van der Waals surface area contributed by atoms with Gasteiger partial charge in [0.1, 0.15) is 0 Å². The molecule has 0 spiro atoms. The second kappa shape index (κ2) is 5.73. The van der Waals surface area contributed by atoms with Crippen molar-refractivity contribution in [1.82, 2.24) is 0 Å². The summed E-state index contributed by atoms with van der Waals surface area (Å²) in [5.74, 6) is 1.61. The van der Waals surface area contributed by atoms with E-state index in [1.165, 1.54) is 5.56 Å². The van der Waals surface area contributed by atoms with Crippen molar-refractivity contribution in [2.24, 2.45) is 5.73 Å². The Hall–Kier alpha value is -1.71. The van der Waals surface area contributed by atoms with E-state index in [0.717, 1.165) is 34.9 Å². The van der Waals surface area contributed by atoms with Gasteiger partial charge in [-0.1, -0.05) is 29.8 Å². The molecule has 2 aromatic rings. The lowest BCUT2D eigenvalue weighted by Crippen LogP contribution is -2.25. The minimum Gasteiger partial charge on any atom is -0.454 e. The molecule has 3 rings (SSSR count). The van der Waals surface area contributed by atoms with Crippen LogP contribution in [0, 0.1) is 0 Å². The van der Waals surface area contributed by atoms with Crippen molar-refractivity contribution in [3.8, 4) is 11.5 Å². The second-order valence-corrected chi connectivity index (χ2v) is 5.42. The molecule has 1 aliphatic heterocycles. The lowest BCUT2D eigenvalue weighted by molar-refractivity contribution is 0.174. The quantitative estimate of drug-likeness (QED) is 0.940. The zero-order valence-electron chi connectivity index (χ0n) is 11.0. The van der Waals surface area contributed by atoms with Gasteiger partial charge in [-0.3, -0.25) is 0 Å². The van der Waals surface area contributed by atoms with Gasteiger partial charge in [0.25, 0.3) is 0 Å². The lowest BCUT2D eigenvalue weighted by Gasteiger charge is -2.12. The second-order valence-electron chi connectivity index (χ2n) is 4.98. The van der Waals surface area contributed by atoms with E-state index in [2.05, 4.69) is 0 Å². The minimum absolute atomic E-state index is 0.0662. The average Bonchev–Trinajstić information content (AvgIpc) is 2.89. The summed E-state index contributed by atoms with van der Waals surface area (Å²) in [4.78, 5) is 0. The van der Waals surface area contributed by atoms with E-state index in [9.17, 15) is 0 Å². The molecule has 2 aromatic carbocycles. The fraction of sp³-hybridized carbons (Fsp3) is 0.250. The lowest BCUT2D eigenvalue weighted by atomic mass is 9.99. The zero-order chi connectivity index (χ0) is 13.9. The normalized spacial score (nSPS) is 14.3. The van der Waals surface area contributed by atoms with Gasteiger partial charge in [0, 0.05) is 11.1 Å². The largest absolute Gasteiger partial charge is 0.454 e. The molecule has 2 N–H and O–H groups in total. The van der Waals surface area contributed by atoms with E-state index in [0.29, 0.717) is 6.79 Å². The average molecular weight is 290 g/mol. The highest BCUT2D eigenvalue weighted by Crippen LogP contribution is 2.32. The molecule has 0 saturated carbocycles. The van der Waals surface area contributed by atoms with Crippen molar-refractivity contribution in [3.05, 3.63) is 58.6 Å². The van der Waals surface area contributed by atoms with Crippen LogP contribution in [-0.4, -0.2) is 12.8 Å². The van der Waals surface area contributed by atoms with Crippen molar-refractivity contribution >= 4 is 11.6 Å². The molecule has 20 heavy (non-hydrogen) atoms. The van der Waals surface area contributed by atoms with Crippen LogP contribution in [0.5, 0.6) is 11.5 Å². The molecule has 3 nitrogen and oxygen atoms in total. The molecule has 1 heterocycles. The predicted octanol–water partition coefficient (Wildman–Crippen LogP) is 3.18. The number of benzene rings is 2. The van der Waals surface area contributed by atoms with Gasteiger partial charge >= 0.3 is 0 Å². The summed E-state index contributed by atoms with van der Waals surface area (Å²) in [6.45, 7) is 0.301. The first-order valence-corrected chi connectivity index (χ1v) is 6.97. The van der Waals surface area contributed by atoms with Crippen LogP contribution < -0.4 is 15.2 Å². The molecule has 0 amide bonds. The number of hydrogen-bond donors (Lipinski definition) is 1. The number of halogens is 1. The van der Waals surface area contributed by atoms with Crippen LogP contribution in [0.1, 0.15) is 11.1 Å². The summed E-state index contributed by atoms with van der Waals surface area (Å²) < 4.78 is 10.7. The van der Waals surface area contributed by atoms with Gasteiger partial charge in [0.15, 0.2) is 11.5 Å². The molecule has 1 atom stereocenters. The first-order chi connectivity index (χ1) is 9.70. The Morgan fingerprint density at radius 3 is 2.40 bits per heavy atom. The highest BCUT2D eigenvalue weighted by molar-refractivity contribution is 6.30. The molecular formula is C16H16ClNO2. The van der Waals surface area contributed by atoms with Crippen molar-refractivity contribution in [1.29, 1.82) is 0 Å². The van der Waals surface area contributed by atoms with Crippen LogP contribution in [0.25, 0.3) is 0 Å². The third kappa shape index (κ3) is 3.06. The Morgan fingerprint density at radius 2 is 1.60 bits per heavy atom. The summed E-state index contributed by atoms with van der Waals surface area (Å²) in [5, 5.41) is 0.748. The van der Waals surface area contributed by atoms with Gasteiger partial charge in [-0.25, -0.2) is 0 Å². The fourth-order valence-electron chi connectivity index (χ4n) is 2.37. The summed E-state index contributed by atoms with van der Waals surface area (Å²) in [6, 6.07) is 13.9. The van der Waals surface area contributed by atoms with Gasteiger partial charge in [-0.05, 0) is 48.2 Å². The van der Waals surface area contributed by atoms with Gasteiger partial charge in [-0.15, -0.1) is 0 Å². The molecule has 1 aliphatic rings. The Bertz CT molecular complexity index is 598. The summed E-state index contributed by atoms with van der Waals surface area (Å²) in [6.07, 6.45) is 1.63. The van der Waals surface area contributed by atoms with Crippen LogP contribution in [0.15, 0.2) is 42.5 Å². The molecule has 0 aromatic heterocycles. The van der Waals surface area contributed by atoms with Crippen molar-refractivity contribution in [2.75, 3.05) is 6.79 Å². The monoisotopic (exact) mass is 289 g/mol. The van der Waals surface area contributed by atoms with Crippen molar-refractivity contribution in [3.63, 3.8) is 0 Å². The maximum atomic E-state index is 6.22. The number of nitrogens with two attached hydrogens (primary N) is 1. The molecule has 0 saturated heterocycles. The molecular weight excluding hydrogens is 274 g/mol. The van der Waals surface area contributed by atoms with E-state index >= 15 is 0 Å². The maximum Gasteiger partial charge on any atom is 0.231 e. The molecule has 1 unspecified atom stereocenters. The first kappa shape index (κ1) is 13.3. The number of hydrogen-bond acceptors (Lipinski definition) is 3. The smallest absolute Gasteiger partial charge is 0.231 e. The summed E-state index contributed by atoms with van der Waals surface area (Å²) in [7, 11) is 0. The third-order valence-electron chi connectivity index (χ3n) is 3.35. The zero-order valence-corrected chi connectivity index (χ0v) is 11.8. The number of fused-ring (bicyclic) bond motifs is 1. The van der Waals surface area contributed by atoms with Crippen molar-refractivity contribution in [2.45, 2.75) is 18.9 Å². The first-order valence-electron chi connectivity index (χ1n) is 6.59. The molecule has 4 heteroatoms. The Morgan fingerprint density at radius 1 is 0.950 bits per heavy atom. The Labute approximate surface area is 123 Å². The van der Waals surface area contributed by atoms with Crippen molar-refractivity contribution < 1.29 is 9.47 Å². The van der Waals surface area contributed by atoms with E-state index in [4.69, 9.17) is 26.8 Å². The topological polar surface area (TPSA) is 44.5 Å². The van der Waals surface area contributed by atoms with Gasteiger partial charge in [0.05, 0.1) is 0 Å². The Balaban J connectivity index is 1.63. The minimum atomic E-state index is 0.0662. The maximum absolute atomic E-state index is 6.22. The highest BCUT2D eigenvalue weighted by Gasteiger charge is 2.14. The van der Waals surface area contributed by atoms with Crippen LogP contribution in [0.4, 0.5) is 0 Å². The van der Waals surface area contributed by atoms with Crippen LogP contribution in [0.3, 0.4) is 0 Å². The fourth-order valence-corrected chi connectivity index (χ4v) is 2.49. The molecule has 0 radical (unpaired) electrons. The Kier molecular flexibility index (Phi) is 3.81. The molecule has 0 fully saturated rings.